The fraction of sp³-hybridized carbons (Fsp3) is 0.529. The number of halogens is 1. The molecular formula is C17H22BrNO3. The number of hydrogen-bond acceptors (Lipinski definition) is 3. The van der Waals surface area contributed by atoms with Gasteiger partial charge in [0.2, 0.25) is 0 Å². The second kappa shape index (κ2) is 8.93. The van der Waals surface area contributed by atoms with E-state index < -0.39 is 0 Å². The van der Waals surface area contributed by atoms with E-state index in [2.05, 4.69) is 15.9 Å². The maximum atomic E-state index is 12.0. The number of rotatable bonds is 6. The number of carbonyl (C=O) groups excluding carboxylic acids is 2. The lowest BCUT2D eigenvalue weighted by molar-refractivity contribution is -0.110. The van der Waals surface area contributed by atoms with Gasteiger partial charge in [0, 0.05) is 19.5 Å². The summed E-state index contributed by atoms with van der Waals surface area (Å²) in [6, 6.07) is 9.72. The molecule has 0 spiro atoms. The molecule has 0 N–H and O–H groups in total. The Morgan fingerprint density at radius 2 is 1.86 bits per heavy atom. The van der Waals surface area contributed by atoms with Crippen molar-refractivity contribution < 1.29 is 14.3 Å². The van der Waals surface area contributed by atoms with Crippen LogP contribution in [0.5, 0.6) is 0 Å². The van der Waals surface area contributed by atoms with Gasteiger partial charge in [-0.25, -0.2) is 4.79 Å². The van der Waals surface area contributed by atoms with Crippen molar-refractivity contribution in [3.63, 3.8) is 0 Å². The van der Waals surface area contributed by atoms with Crippen molar-refractivity contribution in [1.29, 1.82) is 0 Å². The van der Waals surface area contributed by atoms with Crippen molar-refractivity contribution in [3.8, 4) is 0 Å². The lowest BCUT2D eigenvalue weighted by Gasteiger charge is -2.31. The molecule has 22 heavy (non-hydrogen) atoms. The summed E-state index contributed by atoms with van der Waals surface area (Å²) in [6.07, 6.45) is 4.35. The Balaban J connectivity index is 1.65. The molecule has 0 saturated carbocycles. The van der Waals surface area contributed by atoms with Crippen LogP contribution in [0.15, 0.2) is 30.3 Å². The quantitative estimate of drug-likeness (QED) is 0.710. The maximum absolute atomic E-state index is 12.0. The number of hydrogen-bond donors (Lipinski definition) is 0. The molecule has 1 aromatic carbocycles. The van der Waals surface area contributed by atoms with E-state index in [-0.39, 0.29) is 10.8 Å². The molecular weight excluding hydrogens is 346 g/mol. The van der Waals surface area contributed by atoms with E-state index in [1.54, 1.807) is 4.90 Å². The minimum atomic E-state index is -0.224. The van der Waals surface area contributed by atoms with Crippen molar-refractivity contribution in [2.75, 3.05) is 13.1 Å². The Morgan fingerprint density at radius 3 is 2.50 bits per heavy atom. The normalized spacial score (nSPS) is 15.6. The molecule has 1 saturated heterocycles. The van der Waals surface area contributed by atoms with Crippen LogP contribution >= 0.6 is 15.9 Å². The topological polar surface area (TPSA) is 46.6 Å². The van der Waals surface area contributed by atoms with Gasteiger partial charge in [-0.3, -0.25) is 4.79 Å². The number of piperidine rings is 1. The average Bonchev–Trinajstić information content (AvgIpc) is 2.54. The monoisotopic (exact) mass is 367 g/mol. The molecule has 1 heterocycles. The number of amides is 1. The van der Waals surface area contributed by atoms with E-state index >= 15 is 0 Å². The fourth-order valence-electron chi connectivity index (χ4n) is 2.74. The summed E-state index contributed by atoms with van der Waals surface area (Å²) in [7, 11) is 0. The van der Waals surface area contributed by atoms with Gasteiger partial charge in [-0.05, 0) is 53.1 Å². The third-order valence-corrected chi connectivity index (χ3v) is 4.46. The molecule has 0 aromatic heterocycles. The maximum Gasteiger partial charge on any atom is 0.410 e. The van der Waals surface area contributed by atoms with E-state index in [4.69, 9.17) is 4.74 Å². The Labute approximate surface area is 140 Å². The Morgan fingerprint density at radius 1 is 1.18 bits per heavy atom. The van der Waals surface area contributed by atoms with Crippen LogP contribution in [0, 0.1) is 5.92 Å². The average molecular weight is 368 g/mol. The van der Waals surface area contributed by atoms with Gasteiger partial charge in [0.05, 0.1) is 0 Å². The Hall–Kier alpha value is -1.36. The first-order valence-corrected chi connectivity index (χ1v) is 8.58. The zero-order chi connectivity index (χ0) is 15.8. The molecule has 0 atom stereocenters. The number of nitrogens with zero attached hydrogens (tertiary/aromatic N) is 1. The summed E-state index contributed by atoms with van der Waals surface area (Å²) >= 11 is 2.96. The molecule has 1 aromatic rings. The summed E-state index contributed by atoms with van der Waals surface area (Å²) in [5.74, 6) is 0.616. The van der Waals surface area contributed by atoms with Crippen LogP contribution in [0.4, 0.5) is 4.79 Å². The lowest BCUT2D eigenvalue weighted by atomic mass is 9.92. The molecule has 2 rings (SSSR count). The SMILES string of the molecule is O=C(Br)CCCC1CCN(C(=O)OCc2ccccc2)CC1. The zero-order valence-electron chi connectivity index (χ0n) is 12.7. The minimum absolute atomic E-state index is 0.0782. The molecule has 0 unspecified atom stereocenters. The van der Waals surface area contributed by atoms with Gasteiger partial charge in [-0.1, -0.05) is 30.3 Å². The van der Waals surface area contributed by atoms with Crippen molar-refractivity contribution >= 4 is 26.7 Å². The smallest absolute Gasteiger partial charge is 0.410 e. The van der Waals surface area contributed by atoms with Crippen LogP contribution < -0.4 is 0 Å². The molecule has 0 aliphatic carbocycles. The molecule has 4 nitrogen and oxygen atoms in total. The molecule has 1 amide bonds. The van der Waals surface area contributed by atoms with Crippen LogP contribution in [0.1, 0.15) is 37.7 Å². The van der Waals surface area contributed by atoms with Crippen molar-refractivity contribution in [1.82, 2.24) is 4.90 Å². The largest absolute Gasteiger partial charge is 0.445 e. The first kappa shape index (κ1) is 17.0. The van der Waals surface area contributed by atoms with Gasteiger partial charge < -0.3 is 9.64 Å². The summed E-state index contributed by atoms with van der Waals surface area (Å²) in [6.45, 7) is 1.83. The van der Waals surface area contributed by atoms with Gasteiger partial charge in [-0.15, -0.1) is 0 Å². The zero-order valence-corrected chi connectivity index (χ0v) is 14.3. The minimum Gasteiger partial charge on any atom is -0.445 e. The lowest BCUT2D eigenvalue weighted by Crippen LogP contribution is -2.38. The van der Waals surface area contributed by atoms with E-state index in [0.29, 0.717) is 18.9 Å². The summed E-state index contributed by atoms with van der Waals surface area (Å²) in [5, 5.41) is 0. The molecule has 1 aliphatic rings. The molecule has 5 heteroatoms. The van der Waals surface area contributed by atoms with Crippen molar-refractivity contribution in [3.05, 3.63) is 35.9 Å². The van der Waals surface area contributed by atoms with Crippen molar-refractivity contribution in [2.45, 2.75) is 38.7 Å². The van der Waals surface area contributed by atoms with E-state index in [1.807, 2.05) is 30.3 Å². The number of likely N-dealkylation sites (tertiary alicyclic amines) is 1. The van der Waals surface area contributed by atoms with Crippen molar-refractivity contribution in [2.24, 2.45) is 5.92 Å². The standard InChI is InChI=1S/C17H22BrNO3/c18-16(20)8-4-7-14-9-11-19(12-10-14)17(21)22-13-15-5-2-1-3-6-15/h1-3,5-6,14H,4,7-13H2. The van der Waals surface area contributed by atoms with Gasteiger partial charge >= 0.3 is 6.09 Å². The first-order chi connectivity index (χ1) is 10.6. The van der Waals surface area contributed by atoms with Crippen LogP contribution in [0.25, 0.3) is 0 Å². The number of carbonyl (C=O) groups is 2. The van der Waals surface area contributed by atoms with Crippen LogP contribution in [-0.4, -0.2) is 28.8 Å². The highest BCUT2D eigenvalue weighted by Gasteiger charge is 2.23. The fourth-order valence-corrected chi connectivity index (χ4v) is 3.02. The molecule has 0 bridgehead atoms. The highest BCUT2D eigenvalue weighted by atomic mass is 79.9. The van der Waals surface area contributed by atoms with Crippen LogP contribution in [0.2, 0.25) is 0 Å². The third kappa shape index (κ3) is 5.79. The third-order valence-electron chi connectivity index (χ3n) is 4.06. The molecule has 120 valence electrons. The van der Waals surface area contributed by atoms with Crippen LogP contribution in [-0.2, 0) is 16.1 Å². The Bertz CT molecular complexity index is 484. The molecule has 1 aliphatic heterocycles. The predicted molar refractivity (Wildman–Crippen MR) is 88.7 cm³/mol. The molecule has 1 fully saturated rings. The number of benzene rings is 1. The molecule has 0 radical (unpaired) electrons. The van der Waals surface area contributed by atoms with Gasteiger partial charge in [0.25, 0.3) is 0 Å². The summed E-state index contributed by atoms with van der Waals surface area (Å²) < 4.78 is 5.43. The van der Waals surface area contributed by atoms with E-state index in [1.165, 1.54) is 0 Å². The highest BCUT2D eigenvalue weighted by Crippen LogP contribution is 2.23. The summed E-state index contributed by atoms with van der Waals surface area (Å²) in [5.41, 5.74) is 1.00. The Kier molecular flexibility index (Phi) is 6.90. The second-order valence-electron chi connectivity index (χ2n) is 5.72. The predicted octanol–water partition coefficient (Wildman–Crippen LogP) is 4.13. The van der Waals surface area contributed by atoms with Gasteiger partial charge in [0.15, 0.2) is 4.69 Å². The highest BCUT2D eigenvalue weighted by molar-refractivity contribution is 9.18. The van der Waals surface area contributed by atoms with E-state index in [0.717, 1.165) is 44.3 Å². The summed E-state index contributed by atoms with van der Waals surface area (Å²) in [4.78, 5) is 24.7. The van der Waals surface area contributed by atoms with Gasteiger partial charge in [-0.2, -0.15) is 0 Å². The van der Waals surface area contributed by atoms with Crippen LogP contribution in [0.3, 0.4) is 0 Å². The number of ether oxygens (including phenoxy) is 1. The first-order valence-electron chi connectivity index (χ1n) is 7.79. The van der Waals surface area contributed by atoms with Gasteiger partial charge in [0.1, 0.15) is 6.61 Å². The second-order valence-corrected chi connectivity index (χ2v) is 6.60. The van der Waals surface area contributed by atoms with E-state index in [9.17, 15) is 9.59 Å².